The minimum absolute atomic E-state index is 0.0301. The summed E-state index contributed by atoms with van der Waals surface area (Å²) in [5, 5.41) is 1.99. The number of alkyl halides is 1. The van der Waals surface area contributed by atoms with Crippen LogP contribution >= 0.6 is 11.6 Å². The zero-order valence-electron chi connectivity index (χ0n) is 11.7. The Kier molecular flexibility index (Phi) is 4.99. The molecule has 2 rings (SSSR count). The molecule has 1 unspecified atom stereocenters. The highest BCUT2D eigenvalue weighted by Gasteiger charge is 2.15. The molecule has 1 atom stereocenters. The maximum absolute atomic E-state index is 12.4. The van der Waals surface area contributed by atoms with Crippen LogP contribution in [0.5, 0.6) is 0 Å². The third-order valence-corrected chi connectivity index (χ3v) is 3.43. The normalized spacial score (nSPS) is 12.3. The number of halogens is 1. The van der Waals surface area contributed by atoms with E-state index in [1.54, 1.807) is 19.1 Å². The number of fused-ring (bicyclic) bond motifs is 1. The predicted octanol–water partition coefficient (Wildman–Crippen LogP) is 3.17. The molecule has 1 amide bonds. The van der Waals surface area contributed by atoms with E-state index in [4.69, 9.17) is 16.3 Å². The van der Waals surface area contributed by atoms with E-state index in [2.05, 4.69) is 0 Å². The molecule has 0 saturated heterocycles. The fourth-order valence-corrected chi connectivity index (χ4v) is 2.49. The average Bonchev–Trinajstić information content (AvgIpc) is 2.46. The van der Waals surface area contributed by atoms with E-state index in [1.165, 1.54) is 0 Å². The van der Waals surface area contributed by atoms with Gasteiger partial charge in [-0.15, -0.1) is 11.6 Å². The number of benzene rings is 2. The van der Waals surface area contributed by atoms with Gasteiger partial charge in [-0.3, -0.25) is 4.79 Å². The number of hydrogen-bond acceptors (Lipinski definition) is 2. The summed E-state index contributed by atoms with van der Waals surface area (Å²) in [6.45, 7) is 0.887. The second kappa shape index (κ2) is 6.73. The first-order valence-corrected chi connectivity index (χ1v) is 6.92. The zero-order chi connectivity index (χ0) is 14.5. The van der Waals surface area contributed by atoms with Crippen molar-refractivity contribution in [3.8, 4) is 0 Å². The van der Waals surface area contributed by atoms with Crippen molar-refractivity contribution in [2.45, 2.75) is 5.38 Å². The minimum atomic E-state index is -0.200. The van der Waals surface area contributed by atoms with Gasteiger partial charge in [0.25, 0.3) is 5.91 Å². The number of hydrogen-bond donors (Lipinski definition) is 0. The lowest BCUT2D eigenvalue weighted by Gasteiger charge is -2.20. The van der Waals surface area contributed by atoms with Gasteiger partial charge in [0.05, 0.1) is 12.0 Å². The molecule has 0 fully saturated rings. The molecule has 0 radical (unpaired) electrons. The fourth-order valence-electron chi connectivity index (χ4n) is 2.16. The highest BCUT2D eigenvalue weighted by molar-refractivity contribution is 6.21. The number of carbonyl (C=O) groups excluding carboxylic acids is 1. The molecule has 0 saturated carbocycles. The van der Waals surface area contributed by atoms with Crippen LogP contribution in [0.3, 0.4) is 0 Å². The summed E-state index contributed by atoms with van der Waals surface area (Å²) in [6, 6.07) is 13.7. The number of nitrogens with zero attached hydrogens (tertiary/aromatic N) is 1. The molecular formula is C16H18ClNO2. The van der Waals surface area contributed by atoms with Gasteiger partial charge in [0, 0.05) is 26.3 Å². The molecule has 0 aromatic heterocycles. The fraction of sp³-hybridized carbons (Fsp3) is 0.312. The van der Waals surface area contributed by atoms with Crippen molar-refractivity contribution in [1.29, 1.82) is 0 Å². The first-order valence-electron chi connectivity index (χ1n) is 6.49. The number of rotatable bonds is 5. The van der Waals surface area contributed by atoms with Crippen LogP contribution in [0.25, 0.3) is 10.8 Å². The Morgan fingerprint density at radius 1 is 1.25 bits per heavy atom. The Hall–Kier alpha value is -1.58. The van der Waals surface area contributed by atoms with Crippen molar-refractivity contribution < 1.29 is 9.53 Å². The zero-order valence-corrected chi connectivity index (χ0v) is 12.4. The first kappa shape index (κ1) is 14.8. The second-order valence-corrected chi connectivity index (χ2v) is 5.42. The summed E-state index contributed by atoms with van der Waals surface area (Å²) in [7, 11) is 3.35. The third kappa shape index (κ3) is 3.50. The molecule has 4 heteroatoms. The smallest absolute Gasteiger partial charge is 0.253 e. The van der Waals surface area contributed by atoms with E-state index < -0.39 is 0 Å². The van der Waals surface area contributed by atoms with Crippen LogP contribution in [-0.2, 0) is 4.74 Å². The average molecular weight is 292 g/mol. The van der Waals surface area contributed by atoms with Gasteiger partial charge in [-0.2, -0.15) is 0 Å². The van der Waals surface area contributed by atoms with Gasteiger partial charge >= 0.3 is 0 Å². The number of carbonyl (C=O) groups is 1. The van der Waals surface area contributed by atoms with Crippen LogP contribution < -0.4 is 0 Å². The molecule has 0 aliphatic heterocycles. The van der Waals surface area contributed by atoms with Gasteiger partial charge in [0.2, 0.25) is 0 Å². The lowest BCUT2D eigenvalue weighted by molar-refractivity contribution is 0.0782. The minimum Gasteiger partial charge on any atom is -0.383 e. The van der Waals surface area contributed by atoms with Gasteiger partial charge in [-0.25, -0.2) is 0 Å². The Balaban J connectivity index is 2.14. The summed E-state index contributed by atoms with van der Waals surface area (Å²) in [4.78, 5) is 14.0. The predicted molar refractivity (Wildman–Crippen MR) is 82.4 cm³/mol. The topological polar surface area (TPSA) is 29.5 Å². The van der Waals surface area contributed by atoms with Crippen molar-refractivity contribution >= 4 is 28.3 Å². The SMILES string of the molecule is COCC(Cl)CN(C)C(=O)c1ccc2ccccc2c1. The van der Waals surface area contributed by atoms with Crippen LogP contribution in [0.15, 0.2) is 42.5 Å². The molecule has 0 aliphatic carbocycles. The standard InChI is InChI=1S/C16H18ClNO2/c1-18(10-15(17)11-20-2)16(19)14-8-7-12-5-3-4-6-13(12)9-14/h3-9,15H,10-11H2,1-2H3. The Morgan fingerprint density at radius 2 is 1.95 bits per heavy atom. The first-order chi connectivity index (χ1) is 9.61. The van der Waals surface area contributed by atoms with E-state index in [-0.39, 0.29) is 11.3 Å². The van der Waals surface area contributed by atoms with Crippen molar-refractivity contribution in [1.82, 2.24) is 4.90 Å². The Morgan fingerprint density at radius 3 is 2.65 bits per heavy atom. The van der Waals surface area contributed by atoms with E-state index in [0.717, 1.165) is 10.8 Å². The molecule has 0 bridgehead atoms. The monoisotopic (exact) mass is 291 g/mol. The van der Waals surface area contributed by atoms with Gasteiger partial charge in [-0.1, -0.05) is 30.3 Å². The highest BCUT2D eigenvalue weighted by atomic mass is 35.5. The van der Waals surface area contributed by atoms with Crippen molar-refractivity contribution in [2.24, 2.45) is 0 Å². The summed E-state index contributed by atoms with van der Waals surface area (Å²) in [6.07, 6.45) is 0. The lowest BCUT2D eigenvalue weighted by atomic mass is 10.1. The third-order valence-electron chi connectivity index (χ3n) is 3.16. The van der Waals surface area contributed by atoms with E-state index >= 15 is 0 Å². The number of amides is 1. The van der Waals surface area contributed by atoms with Crippen molar-refractivity contribution in [3.63, 3.8) is 0 Å². The summed E-state index contributed by atoms with van der Waals surface area (Å²) >= 11 is 6.08. The highest BCUT2D eigenvalue weighted by Crippen LogP contribution is 2.17. The van der Waals surface area contributed by atoms with Crippen LogP contribution in [-0.4, -0.2) is 43.5 Å². The van der Waals surface area contributed by atoms with E-state index in [9.17, 15) is 4.79 Å². The Labute approximate surface area is 124 Å². The molecule has 0 N–H and O–H groups in total. The van der Waals surface area contributed by atoms with Crippen molar-refractivity contribution in [2.75, 3.05) is 27.3 Å². The molecule has 20 heavy (non-hydrogen) atoms. The van der Waals surface area contributed by atoms with Crippen molar-refractivity contribution in [3.05, 3.63) is 48.0 Å². The van der Waals surface area contributed by atoms with Crippen LogP contribution in [0.2, 0.25) is 0 Å². The molecule has 2 aromatic rings. The van der Waals surface area contributed by atoms with Crippen LogP contribution in [0.4, 0.5) is 0 Å². The molecular weight excluding hydrogens is 274 g/mol. The summed E-state index contributed by atoms with van der Waals surface area (Å²) in [5.41, 5.74) is 0.674. The van der Waals surface area contributed by atoms with Crippen LogP contribution in [0, 0.1) is 0 Å². The van der Waals surface area contributed by atoms with Gasteiger partial charge in [0.15, 0.2) is 0 Å². The van der Waals surface area contributed by atoms with E-state index in [1.807, 2.05) is 42.5 Å². The van der Waals surface area contributed by atoms with E-state index in [0.29, 0.717) is 18.7 Å². The van der Waals surface area contributed by atoms with Gasteiger partial charge in [-0.05, 0) is 22.9 Å². The molecule has 2 aromatic carbocycles. The Bertz CT molecular complexity index is 600. The molecule has 0 aliphatic rings. The second-order valence-electron chi connectivity index (χ2n) is 4.80. The maximum Gasteiger partial charge on any atom is 0.253 e. The van der Waals surface area contributed by atoms with Gasteiger partial charge in [0.1, 0.15) is 0 Å². The number of methoxy groups -OCH3 is 1. The lowest BCUT2D eigenvalue weighted by Crippen LogP contribution is -2.33. The maximum atomic E-state index is 12.4. The van der Waals surface area contributed by atoms with Gasteiger partial charge < -0.3 is 9.64 Å². The number of ether oxygens (including phenoxy) is 1. The molecule has 3 nitrogen and oxygen atoms in total. The molecule has 0 heterocycles. The summed E-state index contributed by atoms with van der Waals surface area (Å²) in [5.74, 6) is -0.0301. The molecule has 106 valence electrons. The molecule has 0 spiro atoms. The van der Waals surface area contributed by atoms with Crippen LogP contribution in [0.1, 0.15) is 10.4 Å². The largest absolute Gasteiger partial charge is 0.383 e. The quantitative estimate of drug-likeness (QED) is 0.792. The summed E-state index contributed by atoms with van der Waals surface area (Å²) < 4.78 is 4.98.